The van der Waals surface area contributed by atoms with Gasteiger partial charge in [0.15, 0.2) is 29.6 Å². The Bertz CT molecular complexity index is 1690. The van der Waals surface area contributed by atoms with Gasteiger partial charge in [0.05, 0.1) is 25.4 Å². The lowest BCUT2D eigenvalue weighted by Gasteiger charge is -2.41. The first-order valence-electron chi connectivity index (χ1n) is 14.8. The molecule has 6 nitrogen and oxygen atoms in total. The van der Waals surface area contributed by atoms with E-state index in [1.165, 1.54) is 0 Å². The summed E-state index contributed by atoms with van der Waals surface area (Å²) in [6.45, 7) is 1.79. The number of amides is 1. The standard InChI is InChI=1S/C35H32F5NO5S/c1-19-26(18-47-13-12-42)45-35(46-33(19)22-10-8-20(17-43)9-11-22)25-7-3-6-24(15-25)23-5-2-4-21(14-23)16-41-34(44)27-28(36)30(38)32(40)31(39)29(27)37/h2-11,14-15,19,26,33,35,42-43H,12-13,16-18H2,1H3,(H,41,44). The zero-order chi connectivity index (χ0) is 33.7. The quantitative estimate of drug-likeness (QED) is 0.0689. The minimum atomic E-state index is -2.34. The molecule has 1 aliphatic rings. The maximum atomic E-state index is 14.1. The van der Waals surface area contributed by atoms with Crippen molar-refractivity contribution in [2.45, 2.75) is 38.6 Å². The van der Waals surface area contributed by atoms with Gasteiger partial charge >= 0.3 is 0 Å². The molecule has 47 heavy (non-hydrogen) atoms. The SMILES string of the molecule is CC1C(CSCCO)OC(c2cccc(-c3cccc(CNC(=O)c4c(F)c(F)c(F)c(F)c4F)c3)c2)OC1c1ccc(CO)cc1. The molecular formula is C35H32F5NO5S. The second-order valence-corrected chi connectivity index (χ2v) is 12.2. The van der Waals surface area contributed by atoms with E-state index in [1.54, 1.807) is 30.0 Å². The van der Waals surface area contributed by atoms with Crippen LogP contribution < -0.4 is 5.32 Å². The molecule has 1 heterocycles. The first-order valence-corrected chi connectivity index (χ1v) is 16.0. The van der Waals surface area contributed by atoms with Crippen LogP contribution in [-0.4, -0.2) is 40.3 Å². The predicted octanol–water partition coefficient (Wildman–Crippen LogP) is 6.99. The van der Waals surface area contributed by atoms with Gasteiger partial charge in [0, 0.05) is 29.5 Å². The summed E-state index contributed by atoms with van der Waals surface area (Å²) in [5, 5.41) is 21.0. The Balaban J connectivity index is 1.35. The summed E-state index contributed by atoms with van der Waals surface area (Å²) in [4.78, 5) is 12.4. The Morgan fingerprint density at radius 2 is 1.43 bits per heavy atom. The molecule has 4 aromatic rings. The van der Waals surface area contributed by atoms with E-state index >= 15 is 0 Å². The molecule has 0 spiro atoms. The van der Waals surface area contributed by atoms with E-state index in [1.807, 2.05) is 54.6 Å². The molecule has 248 valence electrons. The van der Waals surface area contributed by atoms with Gasteiger partial charge in [0.1, 0.15) is 5.56 Å². The Morgan fingerprint density at radius 3 is 2.09 bits per heavy atom. The number of ether oxygens (including phenoxy) is 2. The zero-order valence-electron chi connectivity index (χ0n) is 25.2. The third-order valence-electron chi connectivity index (χ3n) is 7.95. The van der Waals surface area contributed by atoms with Crippen molar-refractivity contribution in [3.63, 3.8) is 0 Å². The molecule has 1 amide bonds. The average molecular weight is 674 g/mol. The molecule has 0 aliphatic carbocycles. The van der Waals surface area contributed by atoms with E-state index in [0.29, 0.717) is 17.1 Å². The van der Waals surface area contributed by atoms with Crippen LogP contribution in [0.25, 0.3) is 11.1 Å². The lowest BCUT2D eigenvalue weighted by Crippen LogP contribution is -2.38. The average Bonchev–Trinajstić information content (AvgIpc) is 3.10. The summed E-state index contributed by atoms with van der Waals surface area (Å²) in [7, 11) is 0. The molecular weight excluding hydrogens is 641 g/mol. The normalized spacial score (nSPS) is 19.5. The van der Waals surface area contributed by atoms with Gasteiger partial charge in [-0.1, -0.05) is 67.6 Å². The number of rotatable bonds is 11. The van der Waals surface area contributed by atoms with Gasteiger partial charge in [-0.2, -0.15) is 11.8 Å². The second kappa shape index (κ2) is 15.4. The number of hydrogen-bond donors (Lipinski definition) is 3. The number of halogens is 5. The fourth-order valence-corrected chi connectivity index (χ4v) is 6.28. The fraction of sp³-hybridized carbons (Fsp3) is 0.286. The molecule has 5 rings (SSSR count). The van der Waals surface area contributed by atoms with Gasteiger partial charge in [-0.15, -0.1) is 0 Å². The van der Waals surface area contributed by atoms with Crippen molar-refractivity contribution in [1.29, 1.82) is 0 Å². The van der Waals surface area contributed by atoms with E-state index in [0.717, 1.165) is 27.8 Å². The summed E-state index contributed by atoms with van der Waals surface area (Å²) in [6, 6.07) is 21.9. The highest BCUT2D eigenvalue weighted by Gasteiger charge is 2.38. The first-order chi connectivity index (χ1) is 22.6. The molecule has 0 radical (unpaired) electrons. The third-order valence-corrected chi connectivity index (χ3v) is 8.99. The molecule has 1 fully saturated rings. The van der Waals surface area contributed by atoms with Gasteiger partial charge in [0.25, 0.3) is 5.91 Å². The predicted molar refractivity (Wildman–Crippen MR) is 167 cm³/mol. The minimum absolute atomic E-state index is 0.0164. The van der Waals surface area contributed by atoms with Crippen LogP contribution in [0.4, 0.5) is 22.0 Å². The molecule has 1 aliphatic heterocycles. The van der Waals surface area contributed by atoms with Crippen molar-refractivity contribution in [2.24, 2.45) is 5.92 Å². The maximum Gasteiger partial charge on any atom is 0.257 e. The van der Waals surface area contributed by atoms with Crippen LogP contribution in [0.3, 0.4) is 0 Å². The van der Waals surface area contributed by atoms with Gasteiger partial charge in [-0.05, 0) is 39.9 Å². The smallest absolute Gasteiger partial charge is 0.257 e. The van der Waals surface area contributed by atoms with Crippen LogP contribution in [0.5, 0.6) is 0 Å². The van der Waals surface area contributed by atoms with Crippen molar-refractivity contribution in [2.75, 3.05) is 18.1 Å². The summed E-state index contributed by atoms with van der Waals surface area (Å²) < 4.78 is 81.8. The second-order valence-electron chi connectivity index (χ2n) is 11.1. The topological polar surface area (TPSA) is 88.0 Å². The maximum absolute atomic E-state index is 14.1. The molecule has 4 unspecified atom stereocenters. The van der Waals surface area contributed by atoms with Crippen molar-refractivity contribution in [3.05, 3.63) is 130 Å². The Morgan fingerprint density at radius 1 is 0.787 bits per heavy atom. The lowest BCUT2D eigenvalue weighted by molar-refractivity contribution is -0.268. The van der Waals surface area contributed by atoms with Crippen molar-refractivity contribution < 1.29 is 46.4 Å². The molecule has 0 saturated carbocycles. The van der Waals surface area contributed by atoms with Gasteiger partial charge in [-0.3, -0.25) is 4.79 Å². The number of carbonyl (C=O) groups excluding carboxylic acids is 1. The molecule has 0 bridgehead atoms. The number of aliphatic hydroxyl groups is 2. The van der Waals surface area contributed by atoms with Crippen LogP contribution in [0.15, 0.2) is 72.8 Å². The number of benzene rings is 4. The third kappa shape index (κ3) is 7.68. The number of thioether (sulfide) groups is 1. The summed E-state index contributed by atoms with van der Waals surface area (Å²) >= 11 is 1.59. The highest BCUT2D eigenvalue weighted by Crippen LogP contribution is 2.43. The molecule has 12 heteroatoms. The van der Waals surface area contributed by atoms with E-state index in [4.69, 9.17) is 9.47 Å². The minimum Gasteiger partial charge on any atom is -0.396 e. The Hall–Kier alpha value is -3.81. The number of nitrogens with one attached hydrogen (secondary N) is 1. The van der Waals surface area contributed by atoms with Crippen LogP contribution in [0.2, 0.25) is 0 Å². The van der Waals surface area contributed by atoms with E-state index < -0.39 is 46.8 Å². The molecule has 3 N–H and O–H groups in total. The largest absolute Gasteiger partial charge is 0.396 e. The van der Waals surface area contributed by atoms with Crippen LogP contribution in [-0.2, 0) is 22.6 Å². The highest BCUT2D eigenvalue weighted by atomic mass is 32.2. The van der Waals surface area contributed by atoms with Crippen molar-refractivity contribution >= 4 is 17.7 Å². The van der Waals surface area contributed by atoms with Gasteiger partial charge in [-0.25, -0.2) is 22.0 Å². The Kier molecular flexibility index (Phi) is 11.3. The van der Waals surface area contributed by atoms with Gasteiger partial charge in [0.2, 0.25) is 5.82 Å². The van der Waals surface area contributed by atoms with Crippen LogP contribution >= 0.6 is 11.8 Å². The van der Waals surface area contributed by atoms with E-state index in [2.05, 4.69) is 12.2 Å². The summed E-state index contributed by atoms with van der Waals surface area (Å²) in [5.41, 5.74) is 2.93. The van der Waals surface area contributed by atoms with E-state index in [-0.39, 0.29) is 37.9 Å². The first kappa shape index (κ1) is 34.5. The number of aliphatic hydroxyl groups excluding tert-OH is 2. The molecule has 4 atom stereocenters. The molecule has 1 saturated heterocycles. The van der Waals surface area contributed by atoms with E-state index in [9.17, 15) is 37.0 Å². The summed E-state index contributed by atoms with van der Waals surface area (Å²) in [5.74, 6) is -11.4. The molecule has 4 aromatic carbocycles. The molecule has 0 aromatic heterocycles. The Labute approximate surface area is 272 Å². The number of carbonyl (C=O) groups is 1. The zero-order valence-corrected chi connectivity index (χ0v) is 26.0. The van der Waals surface area contributed by atoms with Crippen molar-refractivity contribution in [1.82, 2.24) is 5.32 Å². The summed E-state index contributed by atoms with van der Waals surface area (Å²) in [6.07, 6.45) is -1.23. The van der Waals surface area contributed by atoms with Crippen LogP contribution in [0, 0.1) is 35.0 Å². The lowest BCUT2D eigenvalue weighted by atomic mass is 9.91. The fourth-order valence-electron chi connectivity index (χ4n) is 5.37. The van der Waals surface area contributed by atoms with Gasteiger partial charge < -0.3 is 25.0 Å². The highest BCUT2D eigenvalue weighted by molar-refractivity contribution is 7.99. The van der Waals surface area contributed by atoms with Crippen molar-refractivity contribution in [3.8, 4) is 11.1 Å². The van der Waals surface area contributed by atoms with Crippen LogP contribution in [0.1, 0.15) is 51.9 Å². The number of hydrogen-bond acceptors (Lipinski definition) is 6. The monoisotopic (exact) mass is 673 g/mol.